The number of hydrogen-bond acceptors (Lipinski definition) is 2. The van der Waals surface area contributed by atoms with Gasteiger partial charge in [0.2, 0.25) is 0 Å². The van der Waals surface area contributed by atoms with Gasteiger partial charge in [0.25, 0.3) is 0 Å². The molecule has 0 unspecified atom stereocenters. The van der Waals surface area contributed by atoms with Crippen molar-refractivity contribution < 1.29 is 4.39 Å². The van der Waals surface area contributed by atoms with Crippen LogP contribution in [0.25, 0.3) is 0 Å². The monoisotopic (exact) mass is 368 g/mol. The van der Waals surface area contributed by atoms with Gasteiger partial charge in [-0.2, -0.15) is 11.8 Å². The lowest BCUT2D eigenvalue weighted by atomic mass is 10.0. The highest BCUT2D eigenvalue weighted by Crippen LogP contribution is 2.45. The Labute approximate surface area is 135 Å². The van der Waals surface area contributed by atoms with Crippen LogP contribution in [0, 0.1) is 5.82 Å². The summed E-state index contributed by atoms with van der Waals surface area (Å²) in [6, 6.07) is 13.7. The first-order valence-corrected chi connectivity index (χ1v) is 9.49. The number of benzene rings is 2. The molecular formula is C16H14BrFS2. The second-order valence-electron chi connectivity index (χ2n) is 4.64. The molecule has 1 aliphatic heterocycles. The molecule has 1 aliphatic rings. The quantitative estimate of drug-likeness (QED) is 0.637. The van der Waals surface area contributed by atoms with Gasteiger partial charge in [-0.05, 0) is 41.8 Å². The van der Waals surface area contributed by atoms with Gasteiger partial charge in [0.1, 0.15) is 5.82 Å². The Hall–Kier alpha value is -0.450. The molecule has 0 aromatic heterocycles. The van der Waals surface area contributed by atoms with Crippen LogP contribution in [0.1, 0.15) is 16.4 Å². The van der Waals surface area contributed by atoms with Crippen LogP contribution in [-0.4, -0.2) is 11.1 Å². The highest BCUT2D eigenvalue weighted by molar-refractivity contribution is 9.09. The first kappa shape index (κ1) is 14.5. The molecule has 2 aromatic carbocycles. The Bertz CT molecular complexity index is 615. The smallest absolute Gasteiger partial charge is 0.123 e. The Morgan fingerprint density at radius 2 is 2.05 bits per heavy atom. The Kier molecular flexibility index (Phi) is 4.74. The summed E-state index contributed by atoms with van der Waals surface area (Å²) in [5.74, 6) is 0.896. The SMILES string of the molecule is Fc1ccc2c(c1)[C@H](SCCBr)Cc1ccccc1S2. The van der Waals surface area contributed by atoms with E-state index >= 15 is 0 Å². The van der Waals surface area contributed by atoms with Crippen molar-refractivity contribution in [2.45, 2.75) is 21.5 Å². The number of thioether (sulfide) groups is 1. The maximum Gasteiger partial charge on any atom is 0.123 e. The highest BCUT2D eigenvalue weighted by Gasteiger charge is 2.23. The molecule has 0 saturated heterocycles. The standard InChI is InChI=1S/C16H14BrFS2/c17-7-8-19-16-9-11-3-1-2-4-14(11)20-15-6-5-12(18)10-13(15)16/h1-6,10,16H,7-9H2/t16-/m1/s1. The lowest BCUT2D eigenvalue weighted by Gasteiger charge is -2.16. The maximum absolute atomic E-state index is 13.6. The molecule has 104 valence electrons. The van der Waals surface area contributed by atoms with Gasteiger partial charge in [-0.25, -0.2) is 4.39 Å². The van der Waals surface area contributed by atoms with Gasteiger partial charge in [0, 0.05) is 26.1 Å². The van der Waals surface area contributed by atoms with E-state index < -0.39 is 0 Å². The van der Waals surface area contributed by atoms with E-state index in [1.807, 2.05) is 17.8 Å². The summed E-state index contributed by atoms with van der Waals surface area (Å²) in [6.07, 6.45) is 0.970. The fourth-order valence-electron chi connectivity index (χ4n) is 2.40. The molecule has 0 aliphatic carbocycles. The van der Waals surface area contributed by atoms with Crippen LogP contribution >= 0.6 is 39.5 Å². The summed E-state index contributed by atoms with van der Waals surface area (Å²) in [4.78, 5) is 2.48. The van der Waals surface area contributed by atoms with Crippen molar-refractivity contribution in [1.82, 2.24) is 0 Å². The molecule has 0 fully saturated rings. The predicted octanol–water partition coefficient (Wildman–Crippen LogP) is 5.70. The molecule has 0 spiro atoms. The van der Waals surface area contributed by atoms with Crippen LogP contribution < -0.4 is 0 Å². The molecule has 0 nitrogen and oxygen atoms in total. The summed E-state index contributed by atoms with van der Waals surface area (Å²) in [7, 11) is 0. The van der Waals surface area contributed by atoms with Gasteiger partial charge in [0.15, 0.2) is 0 Å². The molecule has 2 aromatic rings. The summed E-state index contributed by atoms with van der Waals surface area (Å²) >= 11 is 7.14. The van der Waals surface area contributed by atoms with Crippen molar-refractivity contribution in [2.24, 2.45) is 0 Å². The van der Waals surface area contributed by atoms with Gasteiger partial charge < -0.3 is 0 Å². The van der Waals surface area contributed by atoms with E-state index in [1.54, 1.807) is 23.9 Å². The van der Waals surface area contributed by atoms with Gasteiger partial charge in [-0.1, -0.05) is 45.9 Å². The van der Waals surface area contributed by atoms with E-state index in [1.165, 1.54) is 15.4 Å². The zero-order chi connectivity index (χ0) is 13.9. The van der Waals surface area contributed by atoms with Crippen LogP contribution in [0.3, 0.4) is 0 Å². The van der Waals surface area contributed by atoms with E-state index in [9.17, 15) is 4.39 Å². The first-order valence-electron chi connectivity index (χ1n) is 6.50. The fraction of sp³-hybridized carbons (Fsp3) is 0.250. The average molecular weight is 369 g/mol. The Morgan fingerprint density at radius 1 is 1.20 bits per heavy atom. The topological polar surface area (TPSA) is 0 Å². The minimum Gasteiger partial charge on any atom is -0.207 e. The second-order valence-corrected chi connectivity index (χ2v) is 7.83. The minimum atomic E-state index is -0.139. The molecule has 3 rings (SSSR count). The van der Waals surface area contributed by atoms with E-state index in [2.05, 4.69) is 40.2 Å². The maximum atomic E-state index is 13.6. The van der Waals surface area contributed by atoms with E-state index in [4.69, 9.17) is 0 Å². The third-order valence-corrected chi connectivity index (χ3v) is 6.71. The Balaban J connectivity index is 2.04. The van der Waals surface area contributed by atoms with Crippen molar-refractivity contribution in [1.29, 1.82) is 0 Å². The third kappa shape index (κ3) is 3.07. The van der Waals surface area contributed by atoms with Gasteiger partial charge in [0.05, 0.1) is 0 Å². The Morgan fingerprint density at radius 3 is 2.90 bits per heavy atom. The lowest BCUT2D eigenvalue weighted by Crippen LogP contribution is -2.01. The first-order chi connectivity index (χ1) is 9.78. The van der Waals surface area contributed by atoms with Gasteiger partial charge >= 0.3 is 0 Å². The largest absolute Gasteiger partial charge is 0.207 e. The normalized spacial score (nSPS) is 17.2. The molecule has 1 atom stereocenters. The van der Waals surface area contributed by atoms with Crippen molar-refractivity contribution in [3.8, 4) is 0 Å². The van der Waals surface area contributed by atoms with Crippen molar-refractivity contribution in [3.05, 3.63) is 59.4 Å². The summed E-state index contributed by atoms with van der Waals surface area (Å²) < 4.78 is 13.6. The molecule has 0 N–H and O–H groups in total. The molecule has 0 amide bonds. The summed E-state index contributed by atoms with van der Waals surface area (Å²) in [6.45, 7) is 0. The fourth-order valence-corrected chi connectivity index (χ4v) is 5.20. The van der Waals surface area contributed by atoms with E-state index in [0.29, 0.717) is 5.25 Å². The molecule has 4 heteroatoms. The van der Waals surface area contributed by atoms with Crippen molar-refractivity contribution >= 4 is 39.5 Å². The minimum absolute atomic E-state index is 0.139. The van der Waals surface area contributed by atoms with Gasteiger partial charge in [-0.3, -0.25) is 0 Å². The average Bonchev–Trinajstić information content (AvgIpc) is 2.61. The van der Waals surface area contributed by atoms with Crippen molar-refractivity contribution in [2.75, 3.05) is 11.1 Å². The number of alkyl halides is 1. The van der Waals surface area contributed by atoms with Crippen LogP contribution in [0.5, 0.6) is 0 Å². The molecular weight excluding hydrogens is 355 g/mol. The van der Waals surface area contributed by atoms with E-state index in [0.717, 1.165) is 23.1 Å². The lowest BCUT2D eigenvalue weighted by molar-refractivity contribution is 0.623. The molecule has 20 heavy (non-hydrogen) atoms. The number of hydrogen-bond donors (Lipinski definition) is 0. The molecule has 0 radical (unpaired) electrons. The number of rotatable bonds is 3. The predicted molar refractivity (Wildman–Crippen MR) is 89.7 cm³/mol. The third-order valence-electron chi connectivity index (χ3n) is 3.31. The van der Waals surface area contributed by atoms with Crippen molar-refractivity contribution in [3.63, 3.8) is 0 Å². The van der Waals surface area contributed by atoms with E-state index in [-0.39, 0.29) is 5.82 Å². The van der Waals surface area contributed by atoms with Crippen LogP contribution in [0.4, 0.5) is 4.39 Å². The zero-order valence-corrected chi connectivity index (χ0v) is 14.0. The van der Waals surface area contributed by atoms with Crippen LogP contribution in [0.2, 0.25) is 0 Å². The molecule has 0 bridgehead atoms. The second kappa shape index (κ2) is 6.54. The number of fused-ring (bicyclic) bond motifs is 2. The highest BCUT2D eigenvalue weighted by atomic mass is 79.9. The van der Waals surface area contributed by atoms with Gasteiger partial charge in [-0.15, -0.1) is 0 Å². The van der Waals surface area contributed by atoms with Crippen LogP contribution in [-0.2, 0) is 6.42 Å². The summed E-state index contributed by atoms with van der Waals surface area (Å²) in [5, 5.41) is 1.29. The van der Waals surface area contributed by atoms with Crippen LogP contribution in [0.15, 0.2) is 52.3 Å². The number of halogens is 2. The summed E-state index contributed by atoms with van der Waals surface area (Å²) in [5.41, 5.74) is 2.50. The molecule has 0 saturated carbocycles. The zero-order valence-electron chi connectivity index (χ0n) is 10.8. The molecule has 1 heterocycles.